The molecule has 1 atom stereocenters. The second-order valence-electron chi connectivity index (χ2n) is 5.63. The Morgan fingerprint density at radius 2 is 2.36 bits per heavy atom. The quantitative estimate of drug-likeness (QED) is 0.788. The summed E-state index contributed by atoms with van der Waals surface area (Å²) in [5.41, 5.74) is 2.23. The molecule has 0 saturated heterocycles. The molecule has 112 valence electrons. The number of hydrogen-bond acceptors (Lipinski definition) is 4. The van der Waals surface area contributed by atoms with Crippen molar-refractivity contribution in [1.82, 2.24) is 14.5 Å². The molecule has 0 aliphatic carbocycles. The molecule has 0 spiro atoms. The largest absolute Gasteiger partial charge is 0.441 e. The van der Waals surface area contributed by atoms with E-state index in [0.717, 1.165) is 30.0 Å². The van der Waals surface area contributed by atoms with Crippen LogP contribution < -0.4 is 5.32 Å². The molecule has 1 aromatic carbocycles. The Kier molecular flexibility index (Phi) is 2.96. The summed E-state index contributed by atoms with van der Waals surface area (Å²) in [5, 5.41) is 2.97. The van der Waals surface area contributed by atoms with Gasteiger partial charge in [0, 0.05) is 50.0 Å². The van der Waals surface area contributed by atoms with Crippen LogP contribution in [0.3, 0.4) is 0 Å². The minimum Gasteiger partial charge on any atom is -0.441 e. The van der Waals surface area contributed by atoms with Gasteiger partial charge in [-0.2, -0.15) is 0 Å². The van der Waals surface area contributed by atoms with E-state index in [1.54, 1.807) is 6.20 Å². The fourth-order valence-electron chi connectivity index (χ4n) is 2.94. The molecule has 1 aliphatic heterocycles. The Bertz CT molecular complexity index is 849. The Balaban J connectivity index is 1.51. The maximum Gasteiger partial charge on any atom is 0.228 e. The molecule has 3 aromatic rings. The van der Waals surface area contributed by atoms with Gasteiger partial charge in [0.25, 0.3) is 0 Å². The molecule has 0 radical (unpaired) electrons. The summed E-state index contributed by atoms with van der Waals surface area (Å²) in [7, 11) is 0. The van der Waals surface area contributed by atoms with Gasteiger partial charge < -0.3 is 14.3 Å². The number of amides is 1. The summed E-state index contributed by atoms with van der Waals surface area (Å²) in [6.45, 7) is 2.65. The van der Waals surface area contributed by atoms with Crippen molar-refractivity contribution < 1.29 is 9.21 Å². The van der Waals surface area contributed by atoms with Gasteiger partial charge in [0.05, 0.1) is 0 Å². The third kappa shape index (κ3) is 2.26. The van der Waals surface area contributed by atoms with Gasteiger partial charge in [0.1, 0.15) is 11.3 Å². The van der Waals surface area contributed by atoms with Crippen molar-refractivity contribution in [3.05, 3.63) is 42.3 Å². The number of rotatable bonds is 2. The van der Waals surface area contributed by atoms with Gasteiger partial charge in [0.15, 0.2) is 11.5 Å². The van der Waals surface area contributed by atoms with Crippen LogP contribution in [0.4, 0.5) is 5.69 Å². The first kappa shape index (κ1) is 13.1. The number of carbonyl (C=O) groups excluding carboxylic acids is 1. The molecular formula is C16H16N4O2. The highest BCUT2D eigenvalue weighted by Crippen LogP contribution is 2.23. The molecule has 4 rings (SSSR count). The number of aryl methyl sites for hydroxylation is 2. The van der Waals surface area contributed by atoms with Crippen molar-refractivity contribution >= 4 is 22.7 Å². The van der Waals surface area contributed by atoms with E-state index in [9.17, 15) is 4.79 Å². The highest BCUT2D eigenvalue weighted by atomic mass is 16.3. The predicted octanol–water partition coefficient (Wildman–Crippen LogP) is 2.53. The number of benzene rings is 1. The molecule has 0 fully saturated rings. The van der Waals surface area contributed by atoms with Gasteiger partial charge in [-0.05, 0) is 18.6 Å². The van der Waals surface area contributed by atoms with Crippen LogP contribution in [0.1, 0.15) is 18.1 Å². The fraction of sp³-hybridized carbons (Fsp3) is 0.312. The number of hydrogen-bond donors (Lipinski definition) is 1. The summed E-state index contributed by atoms with van der Waals surface area (Å²) in [4.78, 5) is 21.0. The molecule has 6 heteroatoms. The standard InChI is InChI=1S/C16H16N4O2/c1-10-18-13-3-2-12(9-14(13)22-10)19-16(21)11-4-6-20-7-5-17-15(20)8-11/h2-3,5,7,9,11H,4,6,8H2,1H3,(H,19,21). The van der Waals surface area contributed by atoms with Crippen LogP contribution in [0.25, 0.3) is 11.1 Å². The number of nitrogens with zero attached hydrogens (tertiary/aromatic N) is 3. The zero-order valence-corrected chi connectivity index (χ0v) is 12.2. The minimum atomic E-state index is -0.0398. The summed E-state index contributed by atoms with van der Waals surface area (Å²) in [6.07, 6.45) is 5.26. The number of oxazole rings is 1. The van der Waals surface area contributed by atoms with Crippen molar-refractivity contribution in [3.8, 4) is 0 Å². The number of carbonyl (C=O) groups is 1. The molecule has 22 heavy (non-hydrogen) atoms. The van der Waals surface area contributed by atoms with Crippen LogP contribution in [0.15, 0.2) is 35.0 Å². The van der Waals surface area contributed by atoms with Crippen LogP contribution >= 0.6 is 0 Å². The second kappa shape index (κ2) is 4.98. The first-order chi connectivity index (χ1) is 10.7. The van der Waals surface area contributed by atoms with E-state index in [-0.39, 0.29) is 11.8 Å². The van der Waals surface area contributed by atoms with Crippen molar-refractivity contribution in [3.63, 3.8) is 0 Å². The molecule has 1 amide bonds. The Labute approximate surface area is 127 Å². The molecule has 3 heterocycles. The lowest BCUT2D eigenvalue weighted by Gasteiger charge is -2.22. The van der Waals surface area contributed by atoms with Crippen molar-refractivity contribution in [2.45, 2.75) is 26.3 Å². The molecule has 2 aromatic heterocycles. The normalized spacial score (nSPS) is 17.4. The van der Waals surface area contributed by atoms with Crippen molar-refractivity contribution in [2.75, 3.05) is 5.32 Å². The SMILES string of the molecule is Cc1nc2ccc(NC(=O)C3CCn4ccnc4C3)cc2o1. The number of anilines is 1. The lowest BCUT2D eigenvalue weighted by Crippen LogP contribution is -2.30. The van der Waals surface area contributed by atoms with E-state index < -0.39 is 0 Å². The van der Waals surface area contributed by atoms with E-state index in [4.69, 9.17) is 4.42 Å². The fourth-order valence-corrected chi connectivity index (χ4v) is 2.94. The van der Waals surface area contributed by atoms with Crippen LogP contribution in [0.2, 0.25) is 0 Å². The topological polar surface area (TPSA) is 73.0 Å². The van der Waals surface area contributed by atoms with Gasteiger partial charge in [-0.15, -0.1) is 0 Å². The number of fused-ring (bicyclic) bond motifs is 2. The minimum absolute atomic E-state index is 0.0323. The Hall–Kier alpha value is -2.63. The maximum atomic E-state index is 12.4. The van der Waals surface area contributed by atoms with E-state index in [1.807, 2.05) is 31.3 Å². The molecule has 0 bridgehead atoms. The van der Waals surface area contributed by atoms with E-state index in [1.165, 1.54) is 0 Å². The van der Waals surface area contributed by atoms with Gasteiger partial charge in [-0.25, -0.2) is 9.97 Å². The zero-order valence-electron chi connectivity index (χ0n) is 12.2. The van der Waals surface area contributed by atoms with Gasteiger partial charge in [-0.3, -0.25) is 4.79 Å². The highest BCUT2D eigenvalue weighted by molar-refractivity contribution is 5.94. The third-order valence-corrected chi connectivity index (χ3v) is 4.08. The zero-order chi connectivity index (χ0) is 15.1. The molecule has 1 aliphatic rings. The van der Waals surface area contributed by atoms with Crippen molar-refractivity contribution in [2.24, 2.45) is 5.92 Å². The lowest BCUT2D eigenvalue weighted by atomic mass is 9.97. The summed E-state index contributed by atoms with van der Waals surface area (Å²) < 4.78 is 7.60. The third-order valence-electron chi connectivity index (χ3n) is 4.08. The van der Waals surface area contributed by atoms with Crippen LogP contribution in [-0.2, 0) is 17.8 Å². The number of aromatic nitrogens is 3. The smallest absolute Gasteiger partial charge is 0.228 e. The van der Waals surface area contributed by atoms with Crippen LogP contribution in [0, 0.1) is 12.8 Å². The first-order valence-electron chi connectivity index (χ1n) is 7.37. The average molecular weight is 296 g/mol. The molecule has 1 unspecified atom stereocenters. The van der Waals surface area contributed by atoms with Crippen LogP contribution in [-0.4, -0.2) is 20.4 Å². The first-order valence-corrected chi connectivity index (χ1v) is 7.37. The molecular weight excluding hydrogens is 280 g/mol. The molecule has 0 saturated carbocycles. The number of imidazole rings is 1. The monoisotopic (exact) mass is 296 g/mol. The average Bonchev–Trinajstić information content (AvgIpc) is 3.10. The van der Waals surface area contributed by atoms with E-state index >= 15 is 0 Å². The lowest BCUT2D eigenvalue weighted by molar-refractivity contribution is -0.120. The van der Waals surface area contributed by atoms with E-state index in [0.29, 0.717) is 17.9 Å². The van der Waals surface area contributed by atoms with Crippen molar-refractivity contribution in [1.29, 1.82) is 0 Å². The van der Waals surface area contributed by atoms with Gasteiger partial charge >= 0.3 is 0 Å². The summed E-state index contributed by atoms with van der Waals surface area (Å²) in [5.74, 6) is 1.59. The Morgan fingerprint density at radius 1 is 1.45 bits per heavy atom. The summed E-state index contributed by atoms with van der Waals surface area (Å²) >= 11 is 0. The van der Waals surface area contributed by atoms with Crippen LogP contribution in [0.5, 0.6) is 0 Å². The Morgan fingerprint density at radius 3 is 3.27 bits per heavy atom. The highest BCUT2D eigenvalue weighted by Gasteiger charge is 2.25. The van der Waals surface area contributed by atoms with E-state index in [2.05, 4.69) is 19.9 Å². The second-order valence-corrected chi connectivity index (χ2v) is 5.63. The van der Waals surface area contributed by atoms with Gasteiger partial charge in [-0.1, -0.05) is 0 Å². The van der Waals surface area contributed by atoms with Gasteiger partial charge in [0.2, 0.25) is 5.91 Å². The number of nitrogens with one attached hydrogen (secondary N) is 1. The molecule has 6 nitrogen and oxygen atoms in total. The molecule has 1 N–H and O–H groups in total. The maximum absolute atomic E-state index is 12.4. The summed E-state index contributed by atoms with van der Waals surface area (Å²) in [6, 6.07) is 5.53. The predicted molar refractivity (Wildman–Crippen MR) is 81.4 cm³/mol.